The number of rotatable bonds is 5. The first-order valence-electron chi connectivity index (χ1n) is 4.81. The van der Waals surface area contributed by atoms with E-state index in [0.717, 1.165) is 0 Å². The molecule has 1 aromatic heterocycles. The zero-order valence-electron chi connectivity index (χ0n) is 8.83. The van der Waals surface area contributed by atoms with Gasteiger partial charge in [-0.15, -0.1) is 0 Å². The first-order chi connectivity index (χ1) is 7.58. The van der Waals surface area contributed by atoms with Crippen molar-refractivity contribution in [1.82, 2.24) is 10.2 Å². The lowest BCUT2D eigenvalue weighted by atomic mass is 9.98. The van der Waals surface area contributed by atoms with E-state index in [1.54, 1.807) is 6.92 Å². The second kappa shape index (κ2) is 5.29. The van der Waals surface area contributed by atoms with E-state index in [1.807, 2.05) is 0 Å². The van der Waals surface area contributed by atoms with Gasteiger partial charge in [0.1, 0.15) is 5.02 Å². The molecular weight excluding hydrogens is 234 g/mol. The summed E-state index contributed by atoms with van der Waals surface area (Å²) < 4.78 is 0. The summed E-state index contributed by atoms with van der Waals surface area (Å²) in [4.78, 5) is 11.2. The van der Waals surface area contributed by atoms with E-state index in [9.17, 15) is 15.0 Å². The average molecular weight is 248 g/mol. The first kappa shape index (κ1) is 13.0. The highest BCUT2D eigenvalue weighted by molar-refractivity contribution is 6.32. The average Bonchev–Trinajstić information content (AvgIpc) is 2.32. The molecule has 4 N–H and O–H groups in total. The third-order valence-electron chi connectivity index (χ3n) is 2.48. The number of H-pyrrole nitrogens is 1. The topological polar surface area (TPSA) is 98.2 Å². The van der Waals surface area contributed by atoms with Gasteiger partial charge in [-0.3, -0.25) is 4.79 Å². The molecule has 7 heteroatoms. The van der Waals surface area contributed by atoms with Gasteiger partial charge in [0.25, 0.3) is 5.56 Å². The maximum absolute atomic E-state index is 11.2. The third-order valence-corrected chi connectivity index (χ3v) is 2.85. The Kier molecular flexibility index (Phi) is 4.28. The quantitative estimate of drug-likeness (QED) is 0.586. The van der Waals surface area contributed by atoms with Gasteiger partial charge in [-0.2, -0.15) is 5.10 Å². The van der Waals surface area contributed by atoms with Crippen molar-refractivity contribution >= 4 is 17.3 Å². The zero-order valence-corrected chi connectivity index (χ0v) is 9.58. The number of aromatic amines is 1. The number of aliphatic hydroxyl groups excluding tert-OH is 2. The van der Waals surface area contributed by atoms with Gasteiger partial charge in [0, 0.05) is 0 Å². The predicted octanol–water partition coefficient (Wildman–Crippen LogP) is -0.0314. The molecule has 1 rings (SSSR count). The monoisotopic (exact) mass is 247 g/mol. The number of aliphatic hydroxyl groups is 2. The summed E-state index contributed by atoms with van der Waals surface area (Å²) in [6.07, 6.45) is 1.81. The van der Waals surface area contributed by atoms with Crippen molar-refractivity contribution in [3.05, 3.63) is 21.6 Å². The molecule has 0 aliphatic carbocycles. The molecule has 90 valence electrons. The maximum atomic E-state index is 11.2. The van der Waals surface area contributed by atoms with Crippen LogP contribution >= 0.6 is 11.6 Å². The molecule has 0 bridgehead atoms. The van der Waals surface area contributed by atoms with Gasteiger partial charge in [-0.1, -0.05) is 18.5 Å². The highest BCUT2D eigenvalue weighted by Crippen LogP contribution is 2.21. The van der Waals surface area contributed by atoms with Gasteiger partial charge in [0.2, 0.25) is 0 Å². The van der Waals surface area contributed by atoms with Crippen LogP contribution in [-0.2, 0) is 0 Å². The molecule has 0 spiro atoms. The molecule has 0 saturated carbocycles. The number of aromatic nitrogens is 2. The molecule has 16 heavy (non-hydrogen) atoms. The molecule has 1 heterocycles. The molecule has 6 nitrogen and oxygen atoms in total. The fourth-order valence-electron chi connectivity index (χ4n) is 1.20. The van der Waals surface area contributed by atoms with Gasteiger partial charge in [0.15, 0.2) is 0 Å². The van der Waals surface area contributed by atoms with Gasteiger partial charge in [-0.25, -0.2) is 5.10 Å². The zero-order chi connectivity index (χ0) is 12.2. The van der Waals surface area contributed by atoms with E-state index in [4.69, 9.17) is 11.6 Å². The Bertz CT molecular complexity index is 395. The minimum absolute atomic E-state index is 0.0466. The van der Waals surface area contributed by atoms with Crippen molar-refractivity contribution in [3.8, 4) is 0 Å². The van der Waals surface area contributed by atoms with Gasteiger partial charge >= 0.3 is 0 Å². The lowest BCUT2D eigenvalue weighted by Gasteiger charge is -2.30. The fraction of sp³-hybridized carbons (Fsp3) is 0.556. The van der Waals surface area contributed by atoms with E-state index >= 15 is 0 Å². The second-order valence-corrected chi connectivity index (χ2v) is 3.88. The largest absolute Gasteiger partial charge is 0.394 e. The van der Waals surface area contributed by atoms with Crippen LogP contribution in [0.25, 0.3) is 0 Å². The van der Waals surface area contributed by atoms with E-state index in [-0.39, 0.29) is 23.9 Å². The Labute approximate surface area is 97.3 Å². The number of nitrogens with one attached hydrogen (secondary N) is 2. The van der Waals surface area contributed by atoms with E-state index in [1.165, 1.54) is 6.20 Å². The highest BCUT2D eigenvalue weighted by atomic mass is 35.5. The minimum Gasteiger partial charge on any atom is -0.394 e. The van der Waals surface area contributed by atoms with Crippen LogP contribution < -0.4 is 10.9 Å². The minimum atomic E-state index is -0.904. The summed E-state index contributed by atoms with van der Waals surface area (Å²) in [5.41, 5.74) is -1.14. The lowest BCUT2D eigenvalue weighted by molar-refractivity contribution is 0.132. The summed E-state index contributed by atoms with van der Waals surface area (Å²) in [6, 6.07) is 0. The molecule has 0 aliphatic heterocycles. The SMILES string of the molecule is CCC(CO)(CO)Nc1cn[nH]c(=O)c1Cl. The summed E-state index contributed by atoms with van der Waals surface area (Å²) in [5.74, 6) is 0. The normalized spacial score (nSPS) is 11.5. The molecular formula is C9H14ClN3O3. The third kappa shape index (κ3) is 2.52. The molecule has 0 fully saturated rings. The van der Waals surface area contributed by atoms with Crippen LogP contribution in [0.5, 0.6) is 0 Å². The van der Waals surface area contributed by atoms with Gasteiger partial charge in [0.05, 0.1) is 30.6 Å². The van der Waals surface area contributed by atoms with Crippen molar-refractivity contribution in [2.75, 3.05) is 18.5 Å². The van der Waals surface area contributed by atoms with Crippen LogP contribution in [0.2, 0.25) is 5.02 Å². The smallest absolute Gasteiger partial charge is 0.285 e. The van der Waals surface area contributed by atoms with Gasteiger partial charge in [-0.05, 0) is 6.42 Å². The molecule has 0 aliphatic rings. The Balaban J connectivity index is 3.03. The van der Waals surface area contributed by atoms with Crippen molar-refractivity contribution in [3.63, 3.8) is 0 Å². The summed E-state index contributed by atoms with van der Waals surface area (Å²) >= 11 is 5.76. The number of hydrogen-bond acceptors (Lipinski definition) is 5. The molecule has 1 aromatic rings. The van der Waals surface area contributed by atoms with Gasteiger partial charge < -0.3 is 15.5 Å². The standard InChI is InChI=1S/C9H14ClN3O3/c1-2-9(4-14,5-15)12-6-3-11-13-8(16)7(6)10/h3,14-15H,2,4-5H2,1H3,(H2,12,13,16). The Morgan fingerprint density at radius 2 is 2.19 bits per heavy atom. The fourth-order valence-corrected chi connectivity index (χ4v) is 1.34. The van der Waals surface area contributed by atoms with Crippen LogP contribution in [0.15, 0.2) is 11.0 Å². The van der Waals surface area contributed by atoms with Crippen molar-refractivity contribution in [1.29, 1.82) is 0 Å². The van der Waals surface area contributed by atoms with Crippen LogP contribution in [0.4, 0.5) is 5.69 Å². The maximum Gasteiger partial charge on any atom is 0.285 e. The van der Waals surface area contributed by atoms with Crippen LogP contribution in [0.1, 0.15) is 13.3 Å². The molecule has 0 saturated heterocycles. The van der Waals surface area contributed by atoms with E-state index in [2.05, 4.69) is 15.5 Å². The number of halogens is 1. The summed E-state index contributed by atoms with van der Waals surface area (Å²) in [5, 5.41) is 27.0. The Morgan fingerprint density at radius 1 is 1.56 bits per heavy atom. The number of nitrogens with zero attached hydrogens (tertiary/aromatic N) is 1. The van der Waals surface area contributed by atoms with Crippen LogP contribution in [-0.4, -0.2) is 39.2 Å². The molecule has 0 amide bonds. The van der Waals surface area contributed by atoms with Crippen molar-refractivity contribution in [2.24, 2.45) is 0 Å². The molecule has 0 unspecified atom stereocenters. The second-order valence-electron chi connectivity index (χ2n) is 3.50. The number of anilines is 1. The number of hydrogen-bond donors (Lipinski definition) is 4. The van der Waals surface area contributed by atoms with Crippen molar-refractivity contribution in [2.45, 2.75) is 18.9 Å². The first-order valence-corrected chi connectivity index (χ1v) is 5.19. The van der Waals surface area contributed by atoms with Crippen LogP contribution in [0.3, 0.4) is 0 Å². The molecule has 0 radical (unpaired) electrons. The van der Waals surface area contributed by atoms with E-state index in [0.29, 0.717) is 6.42 Å². The molecule has 0 atom stereocenters. The lowest BCUT2D eigenvalue weighted by Crippen LogP contribution is -2.45. The molecule has 0 aromatic carbocycles. The highest BCUT2D eigenvalue weighted by Gasteiger charge is 2.27. The van der Waals surface area contributed by atoms with Crippen LogP contribution in [0, 0.1) is 0 Å². The Hall–Kier alpha value is -1.11. The summed E-state index contributed by atoms with van der Waals surface area (Å²) in [7, 11) is 0. The Morgan fingerprint density at radius 3 is 2.69 bits per heavy atom. The summed E-state index contributed by atoms with van der Waals surface area (Å²) in [6.45, 7) is 1.25. The predicted molar refractivity (Wildman–Crippen MR) is 60.7 cm³/mol. The van der Waals surface area contributed by atoms with Crippen molar-refractivity contribution < 1.29 is 10.2 Å². The van der Waals surface area contributed by atoms with E-state index < -0.39 is 11.1 Å².